The third kappa shape index (κ3) is 5.18. The fourth-order valence-electron chi connectivity index (χ4n) is 1.53. The summed E-state index contributed by atoms with van der Waals surface area (Å²) >= 11 is 0. The number of benzene rings is 1. The van der Waals surface area contributed by atoms with E-state index in [4.69, 9.17) is 19.9 Å². The molecule has 0 saturated carbocycles. The Bertz CT molecular complexity index is 539. The second kappa shape index (κ2) is 7.94. The van der Waals surface area contributed by atoms with E-state index < -0.39 is 18.0 Å². The molecule has 0 heterocycles. The number of amides is 1. The summed E-state index contributed by atoms with van der Waals surface area (Å²) in [5, 5.41) is 0. The molecular formula is C15H19NO5. The number of hydrogen-bond acceptors (Lipinski definition) is 5. The molecule has 0 bridgehead atoms. The van der Waals surface area contributed by atoms with Gasteiger partial charge in [-0.2, -0.15) is 0 Å². The minimum atomic E-state index is -0.986. The van der Waals surface area contributed by atoms with Crippen molar-refractivity contribution >= 4 is 18.0 Å². The zero-order valence-corrected chi connectivity index (χ0v) is 12.3. The number of hydrogen-bond donors (Lipinski definition) is 1. The lowest BCUT2D eigenvalue weighted by Gasteiger charge is -2.12. The van der Waals surface area contributed by atoms with E-state index in [0.717, 1.165) is 5.56 Å². The molecule has 6 nitrogen and oxygen atoms in total. The van der Waals surface area contributed by atoms with Gasteiger partial charge in [0.1, 0.15) is 0 Å². The summed E-state index contributed by atoms with van der Waals surface area (Å²) in [6, 6.07) is 5.31. The summed E-state index contributed by atoms with van der Waals surface area (Å²) in [5.74, 6) is -0.478. The summed E-state index contributed by atoms with van der Waals surface area (Å²) < 4.78 is 15.3. The van der Waals surface area contributed by atoms with E-state index in [9.17, 15) is 9.59 Å². The molecule has 0 aromatic heterocycles. The number of rotatable bonds is 7. The lowest BCUT2D eigenvalue weighted by molar-refractivity contribution is -0.155. The molecule has 0 radical (unpaired) electrons. The number of allylic oxidation sites excluding steroid dienone is 1. The zero-order chi connectivity index (χ0) is 15.8. The Kier molecular flexibility index (Phi) is 6.26. The normalized spacial score (nSPS) is 12.0. The van der Waals surface area contributed by atoms with Gasteiger partial charge in [-0.25, -0.2) is 4.79 Å². The van der Waals surface area contributed by atoms with E-state index in [2.05, 4.69) is 0 Å². The van der Waals surface area contributed by atoms with Crippen LogP contribution in [0.15, 0.2) is 24.3 Å². The van der Waals surface area contributed by atoms with E-state index in [0.29, 0.717) is 11.5 Å². The second-order valence-electron chi connectivity index (χ2n) is 4.23. The molecule has 0 aliphatic rings. The fourth-order valence-corrected chi connectivity index (χ4v) is 1.53. The van der Waals surface area contributed by atoms with Crippen molar-refractivity contribution in [2.24, 2.45) is 5.73 Å². The lowest BCUT2D eigenvalue weighted by atomic mass is 10.2. The average Bonchev–Trinajstić information content (AvgIpc) is 2.45. The van der Waals surface area contributed by atoms with Crippen molar-refractivity contribution in [3.8, 4) is 11.5 Å². The Morgan fingerprint density at radius 3 is 2.62 bits per heavy atom. The van der Waals surface area contributed by atoms with E-state index in [1.807, 2.05) is 25.1 Å². The molecule has 0 spiro atoms. The number of carbonyl (C=O) groups excluding carboxylic acids is 2. The van der Waals surface area contributed by atoms with Crippen LogP contribution in [0.1, 0.15) is 19.4 Å². The van der Waals surface area contributed by atoms with Gasteiger partial charge in [-0.05, 0) is 31.5 Å². The van der Waals surface area contributed by atoms with Crippen LogP contribution in [0, 0.1) is 0 Å². The van der Waals surface area contributed by atoms with Crippen LogP contribution in [0.25, 0.3) is 6.08 Å². The summed E-state index contributed by atoms with van der Waals surface area (Å²) in [5.41, 5.74) is 5.95. The first-order valence-electron chi connectivity index (χ1n) is 6.40. The third-order valence-electron chi connectivity index (χ3n) is 2.60. The number of nitrogens with two attached hydrogens (primary N) is 1. The SMILES string of the molecule is C/C=C/c1ccc(OCC(=O)O[C@@H](C)C(N)=O)c(OC)c1. The molecule has 1 atom stereocenters. The van der Waals surface area contributed by atoms with Gasteiger partial charge < -0.3 is 19.9 Å². The number of ether oxygens (including phenoxy) is 3. The highest BCUT2D eigenvalue weighted by atomic mass is 16.6. The van der Waals surface area contributed by atoms with Gasteiger partial charge in [0.05, 0.1) is 7.11 Å². The molecule has 1 aromatic rings. The topological polar surface area (TPSA) is 87.9 Å². The molecule has 0 saturated heterocycles. The minimum Gasteiger partial charge on any atom is -0.493 e. The fraction of sp³-hybridized carbons (Fsp3) is 0.333. The molecular weight excluding hydrogens is 274 g/mol. The first-order chi connectivity index (χ1) is 9.97. The first kappa shape index (κ1) is 16.6. The Hall–Kier alpha value is -2.50. The molecule has 0 aliphatic heterocycles. The van der Waals surface area contributed by atoms with Crippen molar-refractivity contribution in [1.82, 2.24) is 0 Å². The molecule has 0 aliphatic carbocycles. The maximum absolute atomic E-state index is 11.5. The van der Waals surface area contributed by atoms with Crippen LogP contribution in [0.3, 0.4) is 0 Å². The molecule has 114 valence electrons. The number of esters is 1. The molecule has 1 amide bonds. The van der Waals surface area contributed by atoms with Crippen LogP contribution in [-0.4, -0.2) is 31.7 Å². The highest BCUT2D eigenvalue weighted by Crippen LogP contribution is 2.28. The van der Waals surface area contributed by atoms with Gasteiger partial charge in [0.25, 0.3) is 5.91 Å². The quantitative estimate of drug-likeness (QED) is 0.770. The summed E-state index contributed by atoms with van der Waals surface area (Å²) in [4.78, 5) is 22.3. The smallest absolute Gasteiger partial charge is 0.344 e. The Labute approximate surface area is 123 Å². The molecule has 6 heteroatoms. The summed E-state index contributed by atoms with van der Waals surface area (Å²) in [7, 11) is 1.51. The largest absolute Gasteiger partial charge is 0.493 e. The van der Waals surface area contributed by atoms with Crippen LogP contribution in [-0.2, 0) is 14.3 Å². The maximum Gasteiger partial charge on any atom is 0.344 e. The van der Waals surface area contributed by atoms with Gasteiger partial charge in [0.15, 0.2) is 24.2 Å². The molecule has 21 heavy (non-hydrogen) atoms. The third-order valence-corrected chi connectivity index (χ3v) is 2.60. The van der Waals surface area contributed by atoms with Crippen molar-refractivity contribution in [2.45, 2.75) is 20.0 Å². The highest BCUT2D eigenvalue weighted by Gasteiger charge is 2.15. The van der Waals surface area contributed by atoms with E-state index in [1.54, 1.807) is 12.1 Å². The van der Waals surface area contributed by atoms with Gasteiger partial charge in [0.2, 0.25) is 0 Å². The predicted molar refractivity (Wildman–Crippen MR) is 77.9 cm³/mol. The summed E-state index contributed by atoms with van der Waals surface area (Å²) in [6.07, 6.45) is 2.83. The summed E-state index contributed by atoms with van der Waals surface area (Å²) in [6.45, 7) is 2.97. The van der Waals surface area contributed by atoms with Gasteiger partial charge >= 0.3 is 5.97 Å². The van der Waals surface area contributed by atoms with Gasteiger partial charge in [0, 0.05) is 0 Å². The molecule has 1 rings (SSSR count). The number of carbonyl (C=O) groups is 2. The molecule has 2 N–H and O–H groups in total. The predicted octanol–water partition coefficient (Wildman–Crippen LogP) is 1.52. The van der Waals surface area contributed by atoms with Crippen LogP contribution in [0.4, 0.5) is 0 Å². The maximum atomic E-state index is 11.5. The van der Waals surface area contributed by atoms with Gasteiger partial charge in [-0.3, -0.25) is 4.79 Å². The second-order valence-corrected chi connectivity index (χ2v) is 4.23. The monoisotopic (exact) mass is 293 g/mol. The van der Waals surface area contributed by atoms with E-state index in [1.165, 1.54) is 14.0 Å². The van der Waals surface area contributed by atoms with E-state index in [-0.39, 0.29) is 6.61 Å². The Morgan fingerprint density at radius 2 is 2.05 bits per heavy atom. The Balaban J connectivity index is 2.66. The van der Waals surface area contributed by atoms with E-state index >= 15 is 0 Å². The van der Waals surface area contributed by atoms with Crippen molar-refractivity contribution in [3.05, 3.63) is 29.8 Å². The average molecular weight is 293 g/mol. The van der Waals surface area contributed by atoms with Crippen LogP contribution >= 0.6 is 0 Å². The highest BCUT2D eigenvalue weighted by molar-refractivity contribution is 5.82. The number of primary amides is 1. The van der Waals surface area contributed by atoms with Crippen LogP contribution in [0.2, 0.25) is 0 Å². The molecule has 0 unspecified atom stereocenters. The Morgan fingerprint density at radius 1 is 1.33 bits per heavy atom. The van der Waals surface area contributed by atoms with Crippen molar-refractivity contribution in [2.75, 3.05) is 13.7 Å². The molecule has 0 fully saturated rings. The van der Waals surface area contributed by atoms with Gasteiger partial charge in [-0.15, -0.1) is 0 Å². The van der Waals surface area contributed by atoms with Gasteiger partial charge in [-0.1, -0.05) is 18.2 Å². The molecule has 1 aromatic carbocycles. The van der Waals surface area contributed by atoms with Crippen LogP contribution in [0.5, 0.6) is 11.5 Å². The van der Waals surface area contributed by atoms with Crippen LogP contribution < -0.4 is 15.2 Å². The van der Waals surface area contributed by atoms with Crippen molar-refractivity contribution < 1.29 is 23.8 Å². The standard InChI is InChI=1S/C15H19NO5/c1-4-5-11-6-7-12(13(8-11)19-3)20-9-14(17)21-10(2)15(16)18/h4-8,10H,9H2,1-3H3,(H2,16,18)/b5-4+/t10-/m0/s1. The van der Waals surface area contributed by atoms with Crippen molar-refractivity contribution in [3.63, 3.8) is 0 Å². The lowest BCUT2D eigenvalue weighted by Crippen LogP contribution is -2.32. The zero-order valence-electron chi connectivity index (χ0n) is 12.3. The van der Waals surface area contributed by atoms with Crippen molar-refractivity contribution in [1.29, 1.82) is 0 Å². The first-order valence-corrected chi connectivity index (χ1v) is 6.40. The minimum absolute atomic E-state index is 0.336. The number of methoxy groups -OCH3 is 1.